The Labute approximate surface area is 128 Å². The minimum absolute atomic E-state index is 0.0297. The number of hydrogen-bond acceptors (Lipinski definition) is 2. The first-order valence-corrected chi connectivity index (χ1v) is 7.15. The Morgan fingerprint density at radius 2 is 2.05 bits per heavy atom. The van der Waals surface area contributed by atoms with Crippen molar-refractivity contribution in [1.29, 1.82) is 0 Å². The maximum atomic E-state index is 13.4. The van der Waals surface area contributed by atoms with E-state index in [9.17, 15) is 9.18 Å². The number of halogens is 3. The van der Waals surface area contributed by atoms with Gasteiger partial charge in [-0.15, -0.1) is 0 Å². The molecule has 20 heavy (non-hydrogen) atoms. The van der Waals surface area contributed by atoms with E-state index in [4.69, 9.17) is 16.3 Å². The van der Waals surface area contributed by atoms with Crippen molar-refractivity contribution in [1.82, 2.24) is 0 Å². The third kappa shape index (κ3) is 2.58. The van der Waals surface area contributed by atoms with Gasteiger partial charge in [-0.3, -0.25) is 4.79 Å². The van der Waals surface area contributed by atoms with Crippen molar-refractivity contribution in [2.75, 3.05) is 0 Å². The topological polar surface area (TPSA) is 26.3 Å². The van der Waals surface area contributed by atoms with E-state index in [0.717, 1.165) is 4.47 Å². The first-order valence-electron chi connectivity index (χ1n) is 5.98. The van der Waals surface area contributed by atoms with Crippen LogP contribution in [-0.4, -0.2) is 5.78 Å². The zero-order chi connectivity index (χ0) is 14.3. The van der Waals surface area contributed by atoms with Crippen LogP contribution in [0.1, 0.15) is 28.4 Å². The molecule has 0 fully saturated rings. The summed E-state index contributed by atoms with van der Waals surface area (Å²) in [5.41, 5.74) is 1.11. The fraction of sp³-hybridized carbons (Fsp3) is 0.133. The van der Waals surface area contributed by atoms with Crippen LogP contribution in [-0.2, 0) is 0 Å². The molecule has 5 heteroatoms. The van der Waals surface area contributed by atoms with Gasteiger partial charge >= 0.3 is 0 Å². The highest BCUT2D eigenvalue weighted by Crippen LogP contribution is 2.36. The highest BCUT2D eigenvalue weighted by Gasteiger charge is 2.28. The zero-order valence-corrected chi connectivity index (χ0v) is 12.5. The van der Waals surface area contributed by atoms with Gasteiger partial charge in [-0.1, -0.05) is 27.5 Å². The van der Waals surface area contributed by atoms with E-state index < -0.39 is 11.9 Å². The molecule has 0 saturated heterocycles. The molecule has 2 aromatic carbocycles. The van der Waals surface area contributed by atoms with E-state index in [1.165, 1.54) is 12.1 Å². The Balaban J connectivity index is 1.99. The molecule has 0 amide bonds. The maximum Gasteiger partial charge on any atom is 0.170 e. The van der Waals surface area contributed by atoms with E-state index in [1.54, 1.807) is 24.3 Å². The van der Waals surface area contributed by atoms with Crippen LogP contribution in [0.15, 0.2) is 40.9 Å². The molecule has 2 nitrogen and oxygen atoms in total. The minimum atomic E-state index is -0.510. The average molecular weight is 356 g/mol. The predicted octanol–water partition coefficient (Wildman–Crippen LogP) is 4.95. The Hall–Kier alpha value is -1.39. The van der Waals surface area contributed by atoms with Gasteiger partial charge in [0.25, 0.3) is 0 Å². The monoisotopic (exact) mass is 354 g/mol. The number of ether oxygens (including phenoxy) is 1. The van der Waals surface area contributed by atoms with Crippen LogP contribution < -0.4 is 4.74 Å². The molecule has 0 aromatic heterocycles. The summed E-state index contributed by atoms with van der Waals surface area (Å²) in [7, 11) is 0. The number of fused-ring (bicyclic) bond motifs is 1. The lowest BCUT2D eigenvalue weighted by molar-refractivity contribution is 0.0849. The van der Waals surface area contributed by atoms with Crippen molar-refractivity contribution in [3.8, 4) is 5.75 Å². The molecule has 2 aromatic rings. The summed E-state index contributed by atoms with van der Waals surface area (Å²) in [4.78, 5) is 12.2. The Kier molecular flexibility index (Phi) is 3.52. The molecule has 1 aliphatic heterocycles. The molecule has 0 radical (unpaired) electrons. The molecular formula is C15H9BrClFO2. The largest absolute Gasteiger partial charge is 0.484 e. The van der Waals surface area contributed by atoms with Crippen LogP contribution in [0.5, 0.6) is 5.75 Å². The molecule has 1 heterocycles. The van der Waals surface area contributed by atoms with Crippen LogP contribution in [0, 0.1) is 5.82 Å². The summed E-state index contributed by atoms with van der Waals surface area (Å²) in [6, 6.07) is 9.44. The maximum absolute atomic E-state index is 13.4. The standard InChI is InChI=1S/C15H9BrClFO2/c16-9-1-2-14-12(5-9)13(19)7-15(20-14)8-3-10(17)6-11(18)4-8/h1-6,15H,7H2. The SMILES string of the molecule is O=C1CC(c2cc(F)cc(Cl)c2)Oc2ccc(Br)cc21. The van der Waals surface area contributed by atoms with Gasteiger partial charge in [0.1, 0.15) is 17.7 Å². The van der Waals surface area contributed by atoms with E-state index >= 15 is 0 Å². The van der Waals surface area contributed by atoms with Gasteiger partial charge in [-0.25, -0.2) is 4.39 Å². The van der Waals surface area contributed by atoms with Crippen molar-refractivity contribution < 1.29 is 13.9 Å². The third-order valence-corrected chi connectivity index (χ3v) is 3.85. The van der Waals surface area contributed by atoms with Crippen molar-refractivity contribution in [3.63, 3.8) is 0 Å². The fourth-order valence-electron chi connectivity index (χ4n) is 2.24. The predicted molar refractivity (Wildman–Crippen MR) is 77.9 cm³/mol. The average Bonchev–Trinajstić information content (AvgIpc) is 2.38. The van der Waals surface area contributed by atoms with E-state index in [2.05, 4.69) is 15.9 Å². The first kappa shape index (κ1) is 13.6. The summed E-state index contributed by atoms with van der Waals surface area (Å²) >= 11 is 9.16. The van der Waals surface area contributed by atoms with Gasteiger partial charge in [0.2, 0.25) is 0 Å². The number of rotatable bonds is 1. The second-order valence-corrected chi connectivity index (χ2v) is 5.93. The molecule has 0 aliphatic carbocycles. The van der Waals surface area contributed by atoms with Crippen LogP contribution in [0.3, 0.4) is 0 Å². The summed E-state index contributed by atoms with van der Waals surface area (Å²) in [6.07, 6.45) is -0.340. The molecule has 0 N–H and O–H groups in total. The van der Waals surface area contributed by atoms with Crippen LogP contribution in [0.4, 0.5) is 4.39 Å². The highest BCUT2D eigenvalue weighted by atomic mass is 79.9. The number of carbonyl (C=O) groups excluding carboxylic acids is 1. The number of benzene rings is 2. The lowest BCUT2D eigenvalue weighted by Crippen LogP contribution is -2.20. The molecule has 1 atom stereocenters. The van der Waals surface area contributed by atoms with Crippen molar-refractivity contribution in [3.05, 3.63) is 62.8 Å². The number of Topliss-reactive ketones (excluding diaryl/α,β-unsaturated/α-hetero) is 1. The Bertz CT molecular complexity index is 682. The summed E-state index contributed by atoms with van der Waals surface area (Å²) < 4.78 is 20.0. The fourth-order valence-corrected chi connectivity index (χ4v) is 2.83. The molecule has 0 saturated carbocycles. The summed E-state index contributed by atoms with van der Waals surface area (Å²) in [5.74, 6) is 0.0397. The Morgan fingerprint density at radius 3 is 2.80 bits per heavy atom. The van der Waals surface area contributed by atoms with E-state index in [-0.39, 0.29) is 17.2 Å². The number of hydrogen-bond donors (Lipinski definition) is 0. The van der Waals surface area contributed by atoms with Gasteiger partial charge in [-0.05, 0) is 42.0 Å². The molecule has 102 valence electrons. The minimum Gasteiger partial charge on any atom is -0.484 e. The smallest absolute Gasteiger partial charge is 0.170 e. The lowest BCUT2D eigenvalue weighted by atomic mass is 9.96. The first-order chi connectivity index (χ1) is 9.52. The lowest BCUT2D eigenvalue weighted by Gasteiger charge is -2.25. The van der Waals surface area contributed by atoms with Crippen molar-refractivity contribution >= 4 is 33.3 Å². The van der Waals surface area contributed by atoms with E-state index in [0.29, 0.717) is 16.9 Å². The normalized spacial score (nSPS) is 17.6. The van der Waals surface area contributed by atoms with Gasteiger partial charge < -0.3 is 4.74 Å². The summed E-state index contributed by atoms with van der Waals surface area (Å²) in [5, 5.41) is 0.289. The van der Waals surface area contributed by atoms with E-state index in [1.807, 2.05) is 0 Å². The Morgan fingerprint density at radius 1 is 1.25 bits per heavy atom. The third-order valence-electron chi connectivity index (χ3n) is 3.14. The molecular weight excluding hydrogens is 347 g/mol. The molecule has 0 bridgehead atoms. The summed E-state index contributed by atoms with van der Waals surface area (Å²) in [6.45, 7) is 0. The number of ketones is 1. The second-order valence-electron chi connectivity index (χ2n) is 4.58. The molecule has 3 rings (SSSR count). The number of carbonyl (C=O) groups is 1. The van der Waals surface area contributed by atoms with Crippen LogP contribution in [0.25, 0.3) is 0 Å². The highest BCUT2D eigenvalue weighted by molar-refractivity contribution is 9.10. The van der Waals surface area contributed by atoms with Gasteiger partial charge in [0.15, 0.2) is 5.78 Å². The molecule has 0 spiro atoms. The van der Waals surface area contributed by atoms with Gasteiger partial charge in [0, 0.05) is 9.50 Å². The molecule has 1 unspecified atom stereocenters. The van der Waals surface area contributed by atoms with Crippen molar-refractivity contribution in [2.24, 2.45) is 0 Å². The second kappa shape index (κ2) is 5.19. The zero-order valence-electron chi connectivity index (χ0n) is 10.2. The van der Waals surface area contributed by atoms with Gasteiger partial charge in [-0.2, -0.15) is 0 Å². The quantitative estimate of drug-likeness (QED) is 0.723. The van der Waals surface area contributed by atoms with Crippen LogP contribution >= 0.6 is 27.5 Å². The van der Waals surface area contributed by atoms with Gasteiger partial charge in [0.05, 0.1) is 12.0 Å². The molecule has 1 aliphatic rings. The van der Waals surface area contributed by atoms with Crippen molar-refractivity contribution in [2.45, 2.75) is 12.5 Å². The van der Waals surface area contributed by atoms with Crippen LogP contribution in [0.2, 0.25) is 5.02 Å².